The molecule has 1 fully saturated rings. The van der Waals surface area contributed by atoms with Crippen LogP contribution in [0.15, 0.2) is 28.2 Å². The largest absolute Gasteiger partial charge is 0.493 e. The third-order valence-corrected chi connectivity index (χ3v) is 4.29. The van der Waals surface area contributed by atoms with Gasteiger partial charge in [0, 0.05) is 11.6 Å². The SMILES string of the molecule is COC(=O)C=C1SC(NN=Cc2cc(OC)c(OC)c(OC)c2)NC1=O. The summed E-state index contributed by atoms with van der Waals surface area (Å²) in [5.41, 5.74) is 2.98. The Morgan fingerprint density at radius 1 is 1.19 bits per heavy atom. The maximum atomic E-state index is 11.8. The topological polar surface area (TPSA) is 107 Å². The van der Waals surface area contributed by atoms with E-state index in [0.29, 0.717) is 22.8 Å². The van der Waals surface area contributed by atoms with Crippen molar-refractivity contribution in [3.63, 3.8) is 0 Å². The molecule has 1 aromatic rings. The minimum Gasteiger partial charge on any atom is -0.493 e. The number of hydrogen-bond acceptors (Lipinski definition) is 9. The number of nitrogens with zero attached hydrogens (tertiary/aromatic N) is 1. The van der Waals surface area contributed by atoms with E-state index in [0.717, 1.165) is 17.8 Å². The molecule has 1 atom stereocenters. The summed E-state index contributed by atoms with van der Waals surface area (Å²) in [6, 6.07) is 3.46. The van der Waals surface area contributed by atoms with Gasteiger partial charge in [-0.25, -0.2) is 4.79 Å². The zero-order chi connectivity index (χ0) is 19.1. The van der Waals surface area contributed by atoms with Crippen LogP contribution in [0.5, 0.6) is 17.2 Å². The summed E-state index contributed by atoms with van der Waals surface area (Å²) in [6.45, 7) is 0. The quantitative estimate of drug-likeness (QED) is 0.310. The normalized spacial score (nSPS) is 17.9. The fourth-order valence-corrected chi connectivity index (χ4v) is 2.94. The third-order valence-electron chi connectivity index (χ3n) is 3.27. The van der Waals surface area contributed by atoms with Crippen molar-refractivity contribution in [3.8, 4) is 17.2 Å². The van der Waals surface area contributed by atoms with Crippen molar-refractivity contribution < 1.29 is 28.5 Å². The van der Waals surface area contributed by atoms with E-state index >= 15 is 0 Å². The fourth-order valence-electron chi connectivity index (χ4n) is 2.08. The zero-order valence-electron chi connectivity index (χ0n) is 14.7. The first kappa shape index (κ1) is 19.4. The summed E-state index contributed by atoms with van der Waals surface area (Å²) >= 11 is 1.12. The van der Waals surface area contributed by atoms with Gasteiger partial charge < -0.3 is 24.3 Å². The lowest BCUT2D eigenvalue weighted by molar-refractivity contribution is -0.135. The highest BCUT2D eigenvalue weighted by molar-refractivity contribution is 8.05. The summed E-state index contributed by atoms with van der Waals surface area (Å²) in [6.07, 6.45) is 2.67. The monoisotopic (exact) mass is 381 g/mol. The molecule has 0 aliphatic carbocycles. The molecule has 0 spiro atoms. The molecule has 2 rings (SSSR count). The Bertz CT molecular complexity index is 724. The van der Waals surface area contributed by atoms with Crippen molar-refractivity contribution in [1.29, 1.82) is 0 Å². The molecule has 0 radical (unpaired) electrons. The van der Waals surface area contributed by atoms with Crippen LogP contribution in [0.2, 0.25) is 0 Å². The molecule has 1 amide bonds. The van der Waals surface area contributed by atoms with Gasteiger partial charge in [0.2, 0.25) is 5.75 Å². The Morgan fingerprint density at radius 2 is 1.85 bits per heavy atom. The van der Waals surface area contributed by atoms with E-state index in [1.165, 1.54) is 28.4 Å². The second kappa shape index (κ2) is 8.99. The molecular weight excluding hydrogens is 362 g/mol. The van der Waals surface area contributed by atoms with Gasteiger partial charge in [-0.1, -0.05) is 11.8 Å². The Labute approximate surface area is 154 Å². The number of benzene rings is 1. The highest BCUT2D eigenvalue weighted by Crippen LogP contribution is 2.37. The van der Waals surface area contributed by atoms with Crippen molar-refractivity contribution in [2.45, 2.75) is 5.50 Å². The van der Waals surface area contributed by atoms with Crippen LogP contribution in [-0.4, -0.2) is 52.0 Å². The average Bonchev–Trinajstić information content (AvgIpc) is 2.99. The molecule has 10 heteroatoms. The molecule has 1 unspecified atom stereocenters. The number of amides is 1. The zero-order valence-corrected chi connectivity index (χ0v) is 15.5. The smallest absolute Gasteiger partial charge is 0.331 e. The highest BCUT2D eigenvalue weighted by Gasteiger charge is 2.27. The molecule has 140 valence electrons. The second-order valence-corrected chi connectivity index (χ2v) is 6.00. The van der Waals surface area contributed by atoms with Gasteiger partial charge in [0.1, 0.15) is 0 Å². The summed E-state index contributed by atoms with van der Waals surface area (Å²) in [5, 5.41) is 6.73. The van der Waals surface area contributed by atoms with E-state index in [9.17, 15) is 9.59 Å². The van der Waals surface area contributed by atoms with Crippen LogP contribution in [0.3, 0.4) is 0 Å². The predicted molar refractivity (Wildman–Crippen MR) is 96.4 cm³/mol. The van der Waals surface area contributed by atoms with Crippen molar-refractivity contribution in [2.24, 2.45) is 5.10 Å². The summed E-state index contributed by atoms with van der Waals surface area (Å²) in [5.74, 6) is 0.515. The van der Waals surface area contributed by atoms with E-state index in [4.69, 9.17) is 14.2 Å². The van der Waals surface area contributed by atoms with Crippen LogP contribution in [0, 0.1) is 0 Å². The standard InChI is InChI=1S/C16H19N3O6S/c1-22-10-5-9(6-11(23-2)14(10)25-4)8-17-19-16-18-15(21)12(26-16)7-13(20)24-3/h5-8,16,19H,1-4H3,(H,18,21). The number of carbonyl (C=O) groups excluding carboxylic acids is 2. The summed E-state index contributed by atoms with van der Waals surface area (Å²) < 4.78 is 20.3. The Kier molecular flexibility index (Phi) is 6.73. The first-order valence-corrected chi connectivity index (χ1v) is 8.26. The molecule has 0 bridgehead atoms. The number of carbonyl (C=O) groups is 2. The van der Waals surface area contributed by atoms with Crippen LogP contribution in [0.4, 0.5) is 0 Å². The summed E-state index contributed by atoms with van der Waals surface area (Å²) in [7, 11) is 5.82. The number of thioether (sulfide) groups is 1. The molecule has 9 nitrogen and oxygen atoms in total. The van der Waals surface area contributed by atoms with E-state index < -0.39 is 11.5 Å². The molecule has 1 saturated heterocycles. The Hall–Kier alpha value is -2.88. The minimum atomic E-state index is -0.593. The second-order valence-electron chi connectivity index (χ2n) is 4.85. The fraction of sp³-hybridized carbons (Fsp3) is 0.312. The number of hydrazone groups is 1. The van der Waals surface area contributed by atoms with Gasteiger partial charge in [-0.2, -0.15) is 5.10 Å². The molecule has 1 aliphatic rings. The molecular formula is C16H19N3O6S. The minimum absolute atomic E-state index is 0.248. The average molecular weight is 381 g/mol. The van der Waals surface area contributed by atoms with Gasteiger partial charge in [0.15, 0.2) is 17.0 Å². The maximum absolute atomic E-state index is 11.8. The molecule has 1 aromatic carbocycles. The van der Waals surface area contributed by atoms with E-state index in [1.54, 1.807) is 18.3 Å². The molecule has 1 heterocycles. The summed E-state index contributed by atoms with van der Waals surface area (Å²) in [4.78, 5) is 23.2. The number of methoxy groups -OCH3 is 4. The van der Waals surface area contributed by atoms with Crippen LogP contribution >= 0.6 is 11.8 Å². The molecule has 0 saturated carbocycles. The lowest BCUT2D eigenvalue weighted by Gasteiger charge is -2.13. The first-order chi connectivity index (χ1) is 12.5. The Morgan fingerprint density at radius 3 is 2.38 bits per heavy atom. The van der Waals surface area contributed by atoms with E-state index in [-0.39, 0.29) is 10.8 Å². The highest BCUT2D eigenvalue weighted by atomic mass is 32.2. The van der Waals surface area contributed by atoms with Crippen LogP contribution < -0.4 is 25.0 Å². The predicted octanol–water partition coefficient (Wildman–Crippen LogP) is 0.839. The third kappa shape index (κ3) is 4.60. The lowest BCUT2D eigenvalue weighted by atomic mass is 10.2. The van der Waals surface area contributed by atoms with Gasteiger partial charge in [0.25, 0.3) is 5.91 Å². The van der Waals surface area contributed by atoms with Crippen molar-refractivity contribution in [3.05, 3.63) is 28.7 Å². The van der Waals surface area contributed by atoms with Gasteiger partial charge in [-0.05, 0) is 12.1 Å². The van der Waals surface area contributed by atoms with Crippen LogP contribution in [0.25, 0.3) is 0 Å². The number of esters is 1. The first-order valence-electron chi connectivity index (χ1n) is 7.38. The van der Waals surface area contributed by atoms with E-state index in [1.807, 2.05) is 0 Å². The molecule has 26 heavy (non-hydrogen) atoms. The van der Waals surface area contributed by atoms with Gasteiger partial charge in [0.05, 0.1) is 39.6 Å². The van der Waals surface area contributed by atoms with E-state index in [2.05, 4.69) is 20.6 Å². The Balaban J connectivity index is 2.06. The molecule has 2 N–H and O–H groups in total. The van der Waals surface area contributed by atoms with Crippen molar-refractivity contribution in [1.82, 2.24) is 10.7 Å². The number of rotatable bonds is 7. The number of hydrogen-bond donors (Lipinski definition) is 2. The van der Waals surface area contributed by atoms with Gasteiger partial charge in [-0.3, -0.25) is 10.2 Å². The maximum Gasteiger partial charge on any atom is 0.331 e. The van der Waals surface area contributed by atoms with Crippen LogP contribution in [0.1, 0.15) is 5.56 Å². The van der Waals surface area contributed by atoms with Crippen molar-refractivity contribution in [2.75, 3.05) is 28.4 Å². The number of ether oxygens (including phenoxy) is 4. The van der Waals surface area contributed by atoms with Gasteiger partial charge in [-0.15, -0.1) is 0 Å². The molecule has 0 aromatic heterocycles. The van der Waals surface area contributed by atoms with Crippen LogP contribution in [-0.2, 0) is 14.3 Å². The number of nitrogens with one attached hydrogen (secondary N) is 2. The molecule has 1 aliphatic heterocycles. The lowest BCUT2D eigenvalue weighted by Crippen LogP contribution is -2.34. The van der Waals surface area contributed by atoms with Gasteiger partial charge >= 0.3 is 5.97 Å². The van der Waals surface area contributed by atoms with Crippen molar-refractivity contribution >= 4 is 29.9 Å².